The summed E-state index contributed by atoms with van der Waals surface area (Å²) in [5, 5.41) is 17.7. The Hall–Kier alpha value is -2.51. The van der Waals surface area contributed by atoms with Crippen molar-refractivity contribution in [1.82, 2.24) is 19.7 Å². The normalized spacial score (nSPS) is 10.3. The molecule has 0 saturated carbocycles. The molecule has 8 heteroatoms. The van der Waals surface area contributed by atoms with E-state index in [4.69, 9.17) is 0 Å². The maximum Gasteiger partial charge on any atom is 0.290 e. The number of nitrogens with zero attached hydrogens (tertiary/aromatic N) is 5. The first kappa shape index (κ1) is 12.0. The van der Waals surface area contributed by atoms with E-state index in [0.29, 0.717) is 23.8 Å². The Kier molecular flexibility index (Phi) is 3.18. The predicted octanol–water partition coefficient (Wildman–Crippen LogP) is 1.04. The zero-order valence-electron chi connectivity index (χ0n) is 9.99. The molecule has 0 atom stereocenters. The molecule has 0 amide bonds. The number of hydrogen-bond donors (Lipinski definition) is 1. The molecular formula is C10H12N6O2. The van der Waals surface area contributed by atoms with E-state index >= 15 is 0 Å². The molecule has 94 valence electrons. The van der Waals surface area contributed by atoms with E-state index in [0.717, 1.165) is 0 Å². The Bertz CT molecular complexity index is 579. The highest BCUT2D eigenvalue weighted by atomic mass is 16.6. The zero-order chi connectivity index (χ0) is 13.1. The van der Waals surface area contributed by atoms with Crippen molar-refractivity contribution in [3.63, 3.8) is 0 Å². The molecule has 2 heterocycles. The number of aryl methyl sites for hydroxylation is 2. The van der Waals surface area contributed by atoms with Crippen LogP contribution in [0.1, 0.15) is 11.4 Å². The van der Waals surface area contributed by atoms with Gasteiger partial charge in [-0.3, -0.25) is 14.8 Å². The Morgan fingerprint density at radius 1 is 1.50 bits per heavy atom. The number of aromatic nitrogens is 4. The number of pyridine rings is 1. The van der Waals surface area contributed by atoms with E-state index in [1.807, 2.05) is 0 Å². The quantitative estimate of drug-likeness (QED) is 0.641. The summed E-state index contributed by atoms with van der Waals surface area (Å²) in [5.41, 5.74) is 0.572. The fraction of sp³-hybridized carbons (Fsp3) is 0.300. The minimum absolute atomic E-state index is 0.0107. The summed E-state index contributed by atoms with van der Waals surface area (Å²) in [6, 6.07) is 1.63. The van der Waals surface area contributed by atoms with Crippen LogP contribution in [-0.2, 0) is 13.6 Å². The Balaban J connectivity index is 2.06. The third-order valence-corrected chi connectivity index (χ3v) is 2.35. The molecular weight excluding hydrogens is 236 g/mol. The molecule has 2 aromatic rings. The molecule has 2 aromatic heterocycles. The van der Waals surface area contributed by atoms with Gasteiger partial charge in [0.15, 0.2) is 5.82 Å². The summed E-state index contributed by atoms with van der Waals surface area (Å²) >= 11 is 0. The van der Waals surface area contributed by atoms with Gasteiger partial charge in [0.05, 0.1) is 11.5 Å². The van der Waals surface area contributed by atoms with E-state index in [-0.39, 0.29) is 5.69 Å². The molecule has 0 aliphatic rings. The van der Waals surface area contributed by atoms with Crippen molar-refractivity contribution in [3.05, 3.63) is 40.1 Å². The molecule has 2 rings (SSSR count). The second kappa shape index (κ2) is 4.78. The summed E-state index contributed by atoms with van der Waals surface area (Å²) < 4.78 is 1.60. The maximum atomic E-state index is 10.6. The first-order valence-corrected chi connectivity index (χ1v) is 5.25. The maximum absolute atomic E-state index is 10.6. The van der Waals surface area contributed by atoms with Gasteiger partial charge in [-0.15, -0.1) is 0 Å². The monoisotopic (exact) mass is 248 g/mol. The van der Waals surface area contributed by atoms with Gasteiger partial charge in [-0.2, -0.15) is 5.10 Å². The van der Waals surface area contributed by atoms with E-state index in [2.05, 4.69) is 20.4 Å². The van der Waals surface area contributed by atoms with Crippen LogP contribution in [0, 0.1) is 17.0 Å². The summed E-state index contributed by atoms with van der Waals surface area (Å²) in [6.45, 7) is 2.09. The van der Waals surface area contributed by atoms with Gasteiger partial charge in [-0.25, -0.2) is 9.97 Å². The van der Waals surface area contributed by atoms with Crippen LogP contribution in [0.5, 0.6) is 0 Å². The van der Waals surface area contributed by atoms with Crippen LogP contribution in [0.3, 0.4) is 0 Å². The molecule has 18 heavy (non-hydrogen) atoms. The number of hydrogen-bond acceptors (Lipinski definition) is 6. The van der Waals surface area contributed by atoms with Crippen LogP contribution in [0.4, 0.5) is 11.5 Å². The van der Waals surface area contributed by atoms with Gasteiger partial charge in [0.25, 0.3) is 5.69 Å². The summed E-state index contributed by atoms with van der Waals surface area (Å²) in [7, 11) is 1.78. The fourth-order valence-corrected chi connectivity index (χ4v) is 1.47. The van der Waals surface area contributed by atoms with E-state index in [9.17, 15) is 10.1 Å². The Morgan fingerprint density at radius 3 is 2.83 bits per heavy atom. The van der Waals surface area contributed by atoms with Crippen LogP contribution < -0.4 is 5.32 Å². The van der Waals surface area contributed by atoms with Crippen molar-refractivity contribution in [2.45, 2.75) is 13.5 Å². The van der Waals surface area contributed by atoms with E-state index in [1.54, 1.807) is 31.0 Å². The standard InChI is InChI=1S/C10H12N6O2/c1-7-3-9(11-4-8(7)16(17)18)12-5-10-13-6-15(2)14-10/h3-4,6H,5H2,1-2H3,(H,11,12). The van der Waals surface area contributed by atoms with Crippen molar-refractivity contribution < 1.29 is 4.92 Å². The Morgan fingerprint density at radius 2 is 2.28 bits per heavy atom. The number of rotatable bonds is 4. The van der Waals surface area contributed by atoms with Crippen molar-refractivity contribution >= 4 is 11.5 Å². The summed E-state index contributed by atoms with van der Waals surface area (Å²) in [6.07, 6.45) is 2.84. The minimum atomic E-state index is -0.452. The average molecular weight is 248 g/mol. The SMILES string of the molecule is Cc1cc(NCc2ncn(C)n2)ncc1[N+](=O)[O-]. The van der Waals surface area contributed by atoms with Gasteiger partial charge in [-0.05, 0) is 13.0 Å². The number of nitro groups is 1. The molecule has 0 bridgehead atoms. The Labute approximate surface area is 103 Å². The second-order valence-corrected chi connectivity index (χ2v) is 3.80. The first-order valence-electron chi connectivity index (χ1n) is 5.25. The van der Waals surface area contributed by atoms with Gasteiger partial charge in [0.1, 0.15) is 18.3 Å². The third-order valence-electron chi connectivity index (χ3n) is 2.35. The molecule has 0 radical (unpaired) electrons. The van der Waals surface area contributed by atoms with Crippen LogP contribution in [0.2, 0.25) is 0 Å². The van der Waals surface area contributed by atoms with Crippen LogP contribution in [0.15, 0.2) is 18.6 Å². The van der Waals surface area contributed by atoms with Crippen LogP contribution >= 0.6 is 0 Å². The largest absolute Gasteiger partial charge is 0.363 e. The number of nitrogens with one attached hydrogen (secondary N) is 1. The molecule has 0 spiro atoms. The molecule has 0 unspecified atom stereocenters. The van der Waals surface area contributed by atoms with Gasteiger partial charge in [-0.1, -0.05) is 0 Å². The number of anilines is 1. The van der Waals surface area contributed by atoms with Gasteiger partial charge < -0.3 is 5.32 Å². The van der Waals surface area contributed by atoms with Gasteiger partial charge >= 0.3 is 0 Å². The van der Waals surface area contributed by atoms with Gasteiger partial charge in [0, 0.05) is 12.6 Å². The smallest absolute Gasteiger partial charge is 0.290 e. The predicted molar refractivity (Wildman–Crippen MR) is 64.0 cm³/mol. The van der Waals surface area contributed by atoms with E-state index < -0.39 is 4.92 Å². The first-order chi connectivity index (χ1) is 8.56. The molecule has 1 N–H and O–H groups in total. The minimum Gasteiger partial charge on any atom is -0.363 e. The molecule has 8 nitrogen and oxygen atoms in total. The highest BCUT2D eigenvalue weighted by molar-refractivity contribution is 5.46. The molecule has 0 aliphatic heterocycles. The molecule has 0 aliphatic carbocycles. The van der Waals surface area contributed by atoms with Crippen molar-refractivity contribution in [2.75, 3.05) is 5.32 Å². The van der Waals surface area contributed by atoms with Crippen LogP contribution in [-0.4, -0.2) is 24.7 Å². The van der Waals surface area contributed by atoms with Crippen molar-refractivity contribution in [2.24, 2.45) is 7.05 Å². The second-order valence-electron chi connectivity index (χ2n) is 3.80. The van der Waals surface area contributed by atoms with E-state index in [1.165, 1.54) is 6.20 Å². The van der Waals surface area contributed by atoms with Crippen molar-refractivity contribution in [1.29, 1.82) is 0 Å². The van der Waals surface area contributed by atoms with Gasteiger partial charge in [0.2, 0.25) is 0 Å². The summed E-state index contributed by atoms with van der Waals surface area (Å²) in [5.74, 6) is 1.20. The topological polar surface area (TPSA) is 98.8 Å². The lowest BCUT2D eigenvalue weighted by Crippen LogP contribution is -2.04. The molecule has 0 fully saturated rings. The lowest BCUT2D eigenvalue weighted by molar-refractivity contribution is -0.385. The molecule has 0 saturated heterocycles. The average Bonchev–Trinajstić information content (AvgIpc) is 2.72. The highest BCUT2D eigenvalue weighted by Crippen LogP contribution is 2.18. The lowest BCUT2D eigenvalue weighted by atomic mass is 10.2. The lowest BCUT2D eigenvalue weighted by Gasteiger charge is -2.04. The molecule has 0 aromatic carbocycles. The fourth-order valence-electron chi connectivity index (χ4n) is 1.47. The highest BCUT2D eigenvalue weighted by Gasteiger charge is 2.11. The van der Waals surface area contributed by atoms with Crippen molar-refractivity contribution in [3.8, 4) is 0 Å². The zero-order valence-corrected chi connectivity index (χ0v) is 9.99. The third kappa shape index (κ3) is 2.59. The van der Waals surface area contributed by atoms with Crippen LogP contribution in [0.25, 0.3) is 0 Å². The summed E-state index contributed by atoms with van der Waals surface area (Å²) in [4.78, 5) is 18.2.